The van der Waals surface area contributed by atoms with E-state index in [4.69, 9.17) is 0 Å². The third kappa shape index (κ3) is 3.06. The fourth-order valence-electron chi connectivity index (χ4n) is 5.16. The second-order valence-corrected chi connectivity index (χ2v) is 7.26. The van der Waals surface area contributed by atoms with Crippen molar-refractivity contribution in [2.24, 2.45) is 29.6 Å². The van der Waals surface area contributed by atoms with E-state index < -0.39 is 0 Å². The molecule has 20 heavy (non-hydrogen) atoms. The fourth-order valence-corrected chi connectivity index (χ4v) is 5.16. The van der Waals surface area contributed by atoms with E-state index in [1.54, 1.807) is 0 Å². The van der Waals surface area contributed by atoms with Gasteiger partial charge in [0.1, 0.15) is 0 Å². The second-order valence-electron chi connectivity index (χ2n) is 7.26. The zero-order valence-electron chi connectivity index (χ0n) is 13.6. The highest BCUT2D eigenvalue weighted by Crippen LogP contribution is 2.48. The predicted molar refractivity (Wildman–Crippen MR) is 83.4 cm³/mol. The van der Waals surface area contributed by atoms with Crippen LogP contribution in [0.5, 0.6) is 0 Å². The summed E-state index contributed by atoms with van der Waals surface area (Å²) in [7, 11) is 0. The lowest BCUT2D eigenvalue weighted by atomic mass is 9.59. The Morgan fingerprint density at radius 3 is 2.15 bits per heavy atom. The molecule has 0 aromatic rings. The first-order chi connectivity index (χ1) is 9.63. The predicted octanol–water partition coefficient (Wildman–Crippen LogP) is 4.00. The summed E-state index contributed by atoms with van der Waals surface area (Å²) in [4.78, 5) is 0. The lowest BCUT2D eigenvalue weighted by Gasteiger charge is -2.50. The van der Waals surface area contributed by atoms with Gasteiger partial charge in [-0.25, -0.2) is 0 Å². The normalized spacial score (nSPS) is 41.7. The number of aliphatic hydroxyl groups is 2. The van der Waals surface area contributed by atoms with E-state index >= 15 is 0 Å². The van der Waals surface area contributed by atoms with E-state index in [0.29, 0.717) is 23.7 Å². The topological polar surface area (TPSA) is 40.5 Å². The van der Waals surface area contributed by atoms with Crippen LogP contribution in [0.1, 0.15) is 72.1 Å². The average molecular weight is 282 g/mol. The SMILES string of the molecule is CCC[C@H]1CCC2CC[C@@H](C(CC)CC)C(O)C2C1O. The van der Waals surface area contributed by atoms with Gasteiger partial charge in [-0.3, -0.25) is 0 Å². The van der Waals surface area contributed by atoms with Crippen molar-refractivity contribution in [2.75, 3.05) is 0 Å². The maximum absolute atomic E-state index is 10.9. The zero-order valence-corrected chi connectivity index (χ0v) is 13.6. The summed E-state index contributed by atoms with van der Waals surface area (Å²) >= 11 is 0. The molecular weight excluding hydrogens is 248 g/mol. The lowest BCUT2D eigenvalue weighted by Crippen LogP contribution is -2.52. The Morgan fingerprint density at radius 1 is 0.900 bits per heavy atom. The molecule has 0 amide bonds. The van der Waals surface area contributed by atoms with Crippen molar-refractivity contribution in [3.63, 3.8) is 0 Å². The number of hydrogen-bond donors (Lipinski definition) is 2. The number of fused-ring (bicyclic) bond motifs is 1. The maximum Gasteiger partial charge on any atom is 0.0626 e. The molecule has 2 aliphatic carbocycles. The minimum atomic E-state index is -0.270. The smallest absolute Gasteiger partial charge is 0.0626 e. The van der Waals surface area contributed by atoms with Crippen LogP contribution < -0.4 is 0 Å². The van der Waals surface area contributed by atoms with E-state index in [1.165, 1.54) is 25.7 Å². The van der Waals surface area contributed by atoms with Gasteiger partial charge in [0.05, 0.1) is 12.2 Å². The van der Waals surface area contributed by atoms with Crippen molar-refractivity contribution in [1.29, 1.82) is 0 Å². The van der Waals surface area contributed by atoms with Crippen molar-refractivity contribution in [2.45, 2.75) is 84.3 Å². The van der Waals surface area contributed by atoms with Crippen LogP contribution in [0.2, 0.25) is 0 Å². The molecule has 2 heteroatoms. The van der Waals surface area contributed by atoms with E-state index in [2.05, 4.69) is 20.8 Å². The Balaban J connectivity index is 2.09. The summed E-state index contributed by atoms with van der Waals surface area (Å²) in [6.45, 7) is 6.68. The van der Waals surface area contributed by atoms with Crippen LogP contribution in [-0.2, 0) is 0 Å². The first-order valence-electron chi connectivity index (χ1n) is 9.00. The standard InChI is InChI=1S/C18H34O2/c1-4-7-14-9-8-13-10-11-15(12(5-2)6-3)18(20)16(13)17(14)19/h12-20H,4-11H2,1-3H3/t13?,14-,15-,16?,17?,18?/m0/s1. The molecule has 0 bridgehead atoms. The lowest BCUT2D eigenvalue weighted by molar-refractivity contribution is -0.127. The summed E-state index contributed by atoms with van der Waals surface area (Å²) < 4.78 is 0. The highest BCUT2D eigenvalue weighted by Gasteiger charge is 2.47. The Bertz CT molecular complexity index is 287. The molecule has 0 aromatic carbocycles. The van der Waals surface area contributed by atoms with Crippen molar-refractivity contribution in [3.05, 3.63) is 0 Å². The minimum Gasteiger partial charge on any atom is -0.392 e. The number of aliphatic hydroxyl groups excluding tert-OH is 2. The van der Waals surface area contributed by atoms with Crippen LogP contribution in [0, 0.1) is 29.6 Å². The minimum absolute atomic E-state index is 0.152. The summed E-state index contributed by atoms with van der Waals surface area (Å²) in [6, 6.07) is 0. The van der Waals surface area contributed by atoms with Crippen LogP contribution in [0.4, 0.5) is 0 Å². The zero-order chi connectivity index (χ0) is 14.7. The van der Waals surface area contributed by atoms with Crippen molar-refractivity contribution >= 4 is 0 Å². The third-order valence-electron chi connectivity index (χ3n) is 6.35. The molecule has 2 saturated carbocycles. The van der Waals surface area contributed by atoms with Gasteiger partial charge < -0.3 is 10.2 Å². The van der Waals surface area contributed by atoms with Crippen LogP contribution in [0.15, 0.2) is 0 Å². The Morgan fingerprint density at radius 2 is 1.55 bits per heavy atom. The summed E-state index contributed by atoms with van der Waals surface area (Å²) in [5, 5.41) is 21.6. The van der Waals surface area contributed by atoms with Crippen LogP contribution in [-0.4, -0.2) is 22.4 Å². The Hall–Kier alpha value is -0.0800. The first kappa shape index (κ1) is 16.3. The summed E-state index contributed by atoms with van der Waals surface area (Å²) in [5.74, 6) is 2.20. The van der Waals surface area contributed by atoms with Gasteiger partial charge in [-0.1, -0.05) is 40.0 Å². The highest BCUT2D eigenvalue weighted by atomic mass is 16.3. The van der Waals surface area contributed by atoms with Gasteiger partial charge >= 0.3 is 0 Å². The van der Waals surface area contributed by atoms with Crippen molar-refractivity contribution < 1.29 is 10.2 Å². The molecule has 0 radical (unpaired) electrons. The molecule has 2 nitrogen and oxygen atoms in total. The molecule has 2 aliphatic rings. The van der Waals surface area contributed by atoms with E-state index in [1.807, 2.05) is 0 Å². The number of hydrogen-bond acceptors (Lipinski definition) is 2. The van der Waals surface area contributed by atoms with Gasteiger partial charge in [0.25, 0.3) is 0 Å². The van der Waals surface area contributed by atoms with E-state index in [9.17, 15) is 10.2 Å². The van der Waals surface area contributed by atoms with Crippen molar-refractivity contribution in [3.8, 4) is 0 Å². The highest BCUT2D eigenvalue weighted by molar-refractivity contribution is 4.97. The molecule has 0 aliphatic heterocycles. The fraction of sp³-hybridized carbons (Fsp3) is 1.00. The molecule has 2 rings (SSSR count). The molecule has 2 N–H and O–H groups in total. The van der Waals surface area contributed by atoms with E-state index in [-0.39, 0.29) is 18.1 Å². The quantitative estimate of drug-likeness (QED) is 0.800. The van der Waals surface area contributed by atoms with E-state index in [0.717, 1.165) is 25.7 Å². The van der Waals surface area contributed by atoms with Crippen molar-refractivity contribution in [1.82, 2.24) is 0 Å². The monoisotopic (exact) mass is 282 g/mol. The van der Waals surface area contributed by atoms with Gasteiger partial charge in [0.15, 0.2) is 0 Å². The Kier molecular flexibility index (Phi) is 5.92. The van der Waals surface area contributed by atoms with Gasteiger partial charge in [-0.15, -0.1) is 0 Å². The largest absolute Gasteiger partial charge is 0.392 e. The molecular formula is C18H34O2. The molecule has 4 unspecified atom stereocenters. The second kappa shape index (κ2) is 7.26. The molecule has 6 atom stereocenters. The third-order valence-corrected chi connectivity index (χ3v) is 6.35. The van der Waals surface area contributed by atoms with Gasteiger partial charge in [-0.05, 0) is 55.8 Å². The van der Waals surface area contributed by atoms with Crippen LogP contribution >= 0.6 is 0 Å². The Labute approximate surface area is 125 Å². The van der Waals surface area contributed by atoms with Crippen LogP contribution in [0.25, 0.3) is 0 Å². The number of rotatable bonds is 5. The van der Waals surface area contributed by atoms with Crippen LogP contribution in [0.3, 0.4) is 0 Å². The molecule has 2 fully saturated rings. The molecule has 118 valence electrons. The summed E-state index contributed by atoms with van der Waals surface area (Å²) in [5.41, 5.74) is 0. The van der Waals surface area contributed by atoms with Gasteiger partial charge in [-0.2, -0.15) is 0 Å². The van der Waals surface area contributed by atoms with Gasteiger partial charge in [0, 0.05) is 5.92 Å². The molecule has 0 aromatic heterocycles. The maximum atomic E-state index is 10.9. The molecule has 0 spiro atoms. The summed E-state index contributed by atoms with van der Waals surface area (Å²) in [6.07, 6.45) is 8.82. The molecule has 0 heterocycles. The van der Waals surface area contributed by atoms with Gasteiger partial charge in [0.2, 0.25) is 0 Å². The first-order valence-corrected chi connectivity index (χ1v) is 9.00. The average Bonchev–Trinajstić information content (AvgIpc) is 2.45. The molecule has 0 saturated heterocycles.